The number of halogens is 1. The van der Waals surface area contributed by atoms with E-state index in [1.54, 1.807) is 42.5 Å². The van der Waals surface area contributed by atoms with Gasteiger partial charge in [-0.15, -0.1) is 0 Å². The van der Waals surface area contributed by atoms with Crippen LogP contribution in [0.1, 0.15) is 25.3 Å². The first-order valence-corrected chi connectivity index (χ1v) is 14.0. The number of carbonyl (C=O) groups excluding carboxylic acids is 1. The molecule has 0 spiro atoms. The Balaban J connectivity index is 1.44. The zero-order valence-corrected chi connectivity index (χ0v) is 22.1. The Morgan fingerprint density at radius 2 is 1.71 bits per heavy atom. The molecule has 1 atom stereocenters. The third-order valence-corrected chi connectivity index (χ3v) is 8.50. The van der Waals surface area contributed by atoms with Crippen LogP contribution in [0.4, 0.5) is 11.4 Å². The zero-order chi connectivity index (χ0) is 24.8. The lowest BCUT2D eigenvalue weighted by Gasteiger charge is -2.32. The van der Waals surface area contributed by atoms with E-state index < -0.39 is 10.0 Å². The largest absolute Gasteiger partial charge is 0.371 e. The van der Waals surface area contributed by atoms with E-state index in [1.807, 2.05) is 12.1 Å². The van der Waals surface area contributed by atoms with Crippen LogP contribution in [-0.2, 0) is 21.4 Å². The van der Waals surface area contributed by atoms with Gasteiger partial charge in [-0.3, -0.25) is 9.10 Å². The number of anilines is 2. The van der Waals surface area contributed by atoms with Crippen molar-refractivity contribution < 1.29 is 13.2 Å². The first kappa shape index (κ1) is 25.3. The normalized spacial score (nSPS) is 16.1. The fourth-order valence-corrected chi connectivity index (χ4v) is 5.98. The molecule has 35 heavy (non-hydrogen) atoms. The summed E-state index contributed by atoms with van der Waals surface area (Å²) in [4.78, 5) is 15.4. The van der Waals surface area contributed by atoms with E-state index in [1.165, 1.54) is 30.7 Å². The Hall–Kier alpha value is -2.84. The molecular formula is C27H30BrN3O3S. The second-order valence-corrected chi connectivity index (χ2v) is 11.7. The van der Waals surface area contributed by atoms with Crippen molar-refractivity contribution in [2.45, 2.75) is 31.2 Å². The number of rotatable bonds is 8. The van der Waals surface area contributed by atoms with Crippen LogP contribution < -0.4 is 14.5 Å². The molecule has 1 N–H and O–H groups in total. The maximum absolute atomic E-state index is 13.4. The molecule has 6 nitrogen and oxygen atoms in total. The zero-order valence-electron chi connectivity index (χ0n) is 19.7. The summed E-state index contributed by atoms with van der Waals surface area (Å²) in [6, 6.07) is 23.2. The van der Waals surface area contributed by atoms with Gasteiger partial charge in [0.1, 0.15) is 6.54 Å². The lowest BCUT2D eigenvalue weighted by molar-refractivity contribution is -0.119. The van der Waals surface area contributed by atoms with Gasteiger partial charge in [-0.2, -0.15) is 0 Å². The summed E-state index contributed by atoms with van der Waals surface area (Å²) in [6.45, 7) is 4.43. The summed E-state index contributed by atoms with van der Waals surface area (Å²) in [6.07, 6.45) is 2.48. The summed E-state index contributed by atoms with van der Waals surface area (Å²) >= 11 is 3.37. The van der Waals surface area contributed by atoms with Gasteiger partial charge in [0.05, 0.1) is 10.6 Å². The number of sulfonamides is 1. The number of nitrogens with zero attached hydrogens (tertiary/aromatic N) is 2. The van der Waals surface area contributed by atoms with Crippen molar-refractivity contribution in [1.82, 2.24) is 5.32 Å². The van der Waals surface area contributed by atoms with Gasteiger partial charge >= 0.3 is 0 Å². The minimum absolute atomic E-state index is 0.137. The number of nitrogens with one attached hydrogen (secondary N) is 1. The summed E-state index contributed by atoms with van der Waals surface area (Å²) in [5.74, 6) is 0.324. The number of hydrogen-bond donors (Lipinski definition) is 1. The summed E-state index contributed by atoms with van der Waals surface area (Å²) < 4.78 is 28.7. The molecule has 1 amide bonds. The van der Waals surface area contributed by atoms with E-state index in [2.05, 4.69) is 45.2 Å². The SMILES string of the molecule is CC1CCCN(c2ccc(CNC(=O)CN(c3ccc(Br)cc3)S(=O)(=O)c3ccccc3)cc2)C1. The van der Waals surface area contributed by atoms with Gasteiger partial charge in [-0.25, -0.2) is 8.42 Å². The van der Waals surface area contributed by atoms with Crippen LogP contribution in [0.15, 0.2) is 88.2 Å². The Labute approximate surface area is 216 Å². The Morgan fingerprint density at radius 3 is 2.37 bits per heavy atom. The van der Waals surface area contributed by atoms with E-state index in [-0.39, 0.29) is 17.3 Å². The minimum atomic E-state index is -3.92. The molecule has 0 radical (unpaired) electrons. The fraction of sp³-hybridized carbons (Fsp3) is 0.296. The minimum Gasteiger partial charge on any atom is -0.371 e. The summed E-state index contributed by atoms with van der Waals surface area (Å²) in [7, 11) is -3.92. The number of benzene rings is 3. The quantitative estimate of drug-likeness (QED) is 0.415. The highest BCUT2D eigenvalue weighted by Gasteiger charge is 2.27. The van der Waals surface area contributed by atoms with Crippen molar-refractivity contribution in [3.8, 4) is 0 Å². The van der Waals surface area contributed by atoms with Crippen LogP contribution >= 0.6 is 15.9 Å². The summed E-state index contributed by atoms with van der Waals surface area (Å²) in [5.41, 5.74) is 2.59. The first-order valence-electron chi connectivity index (χ1n) is 11.8. The molecule has 1 saturated heterocycles. The van der Waals surface area contributed by atoms with E-state index in [0.717, 1.165) is 27.4 Å². The van der Waals surface area contributed by atoms with Crippen LogP contribution in [0.25, 0.3) is 0 Å². The third kappa shape index (κ3) is 6.44. The lowest BCUT2D eigenvalue weighted by atomic mass is 9.99. The van der Waals surface area contributed by atoms with Crippen LogP contribution in [0.3, 0.4) is 0 Å². The van der Waals surface area contributed by atoms with Gasteiger partial charge < -0.3 is 10.2 Å². The monoisotopic (exact) mass is 555 g/mol. The number of amides is 1. The predicted octanol–water partition coefficient (Wildman–Crippen LogP) is 5.20. The maximum Gasteiger partial charge on any atom is 0.264 e. The van der Waals surface area contributed by atoms with Crippen LogP contribution in [-0.4, -0.2) is 34.0 Å². The molecule has 184 valence electrons. The number of hydrogen-bond acceptors (Lipinski definition) is 4. The van der Waals surface area contributed by atoms with E-state index >= 15 is 0 Å². The molecule has 0 aliphatic carbocycles. The molecule has 1 fully saturated rings. The van der Waals surface area contributed by atoms with E-state index in [0.29, 0.717) is 18.2 Å². The van der Waals surface area contributed by atoms with E-state index in [9.17, 15) is 13.2 Å². The molecule has 1 heterocycles. The highest BCUT2D eigenvalue weighted by Crippen LogP contribution is 2.26. The Morgan fingerprint density at radius 1 is 1.03 bits per heavy atom. The standard InChI is InChI=1S/C27H30BrN3O3S/c1-21-6-5-17-30(19-21)24-13-9-22(10-14-24)18-29-27(32)20-31(25-15-11-23(28)12-16-25)35(33,34)26-7-3-2-4-8-26/h2-4,7-16,21H,5-6,17-20H2,1H3,(H,29,32). The number of carbonyl (C=O) groups is 1. The van der Waals surface area contributed by atoms with Crippen molar-refractivity contribution in [2.75, 3.05) is 28.8 Å². The molecular weight excluding hydrogens is 526 g/mol. The molecule has 8 heteroatoms. The molecule has 3 aromatic rings. The van der Waals surface area contributed by atoms with E-state index in [4.69, 9.17) is 0 Å². The Bertz CT molecular complexity index is 1230. The molecule has 3 aromatic carbocycles. The fourth-order valence-electron chi connectivity index (χ4n) is 4.28. The smallest absolute Gasteiger partial charge is 0.264 e. The average molecular weight is 557 g/mol. The van der Waals surface area contributed by atoms with Crippen molar-refractivity contribution in [3.63, 3.8) is 0 Å². The van der Waals surface area contributed by atoms with Crippen molar-refractivity contribution in [3.05, 3.63) is 88.9 Å². The lowest BCUT2D eigenvalue weighted by Crippen LogP contribution is -2.40. The Kier molecular flexibility index (Phi) is 8.13. The first-order chi connectivity index (χ1) is 16.8. The molecule has 0 aromatic heterocycles. The molecule has 0 saturated carbocycles. The summed E-state index contributed by atoms with van der Waals surface area (Å²) in [5, 5.41) is 2.87. The van der Waals surface area contributed by atoms with Crippen LogP contribution in [0, 0.1) is 5.92 Å². The second-order valence-electron chi connectivity index (χ2n) is 8.94. The van der Waals surface area contributed by atoms with Gasteiger partial charge in [0.2, 0.25) is 5.91 Å². The molecule has 1 unspecified atom stereocenters. The molecule has 4 rings (SSSR count). The van der Waals surface area contributed by atoms with Crippen LogP contribution in [0.2, 0.25) is 0 Å². The van der Waals surface area contributed by atoms with Gasteiger partial charge in [0.25, 0.3) is 10.0 Å². The van der Waals surface area contributed by atoms with Gasteiger partial charge in [-0.05, 0) is 72.9 Å². The molecule has 0 bridgehead atoms. The molecule has 1 aliphatic rings. The maximum atomic E-state index is 13.4. The predicted molar refractivity (Wildman–Crippen MR) is 144 cm³/mol. The highest BCUT2D eigenvalue weighted by atomic mass is 79.9. The van der Waals surface area contributed by atoms with Gasteiger partial charge in [0.15, 0.2) is 0 Å². The van der Waals surface area contributed by atoms with Crippen molar-refractivity contribution >= 4 is 43.2 Å². The van der Waals surface area contributed by atoms with Crippen molar-refractivity contribution in [1.29, 1.82) is 0 Å². The van der Waals surface area contributed by atoms with Gasteiger partial charge in [-0.1, -0.05) is 53.2 Å². The average Bonchev–Trinajstić information content (AvgIpc) is 2.87. The second kappa shape index (κ2) is 11.3. The topological polar surface area (TPSA) is 69.7 Å². The third-order valence-electron chi connectivity index (χ3n) is 6.18. The highest BCUT2D eigenvalue weighted by molar-refractivity contribution is 9.10. The van der Waals surface area contributed by atoms with Gasteiger partial charge in [0, 0.05) is 29.8 Å². The molecule has 1 aliphatic heterocycles. The van der Waals surface area contributed by atoms with Crippen LogP contribution in [0.5, 0.6) is 0 Å². The number of piperidine rings is 1. The van der Waals surface area contributed by atoms with Crippen molar-refractivity contribution in [2.24, 2.45) is 5.92 Å².